The number of piperidine rings is 1. The summed E-state index contributed by atoms with van der Waals surface area (Å²) in [7, 11) is 15.6. The largest absolute Gasteiger partial charge is 0.320 e. The van der Waals surface area contributed by atoms with Crippen molar-refractivity contribution in [1.82, 2.24) is 9.80 Å². The van der Waals surface area contributed by atoms with Crippen molar-refractivity contribution in [2.75, 3.05) is 36.1 Å². The van der Waals surface area contributed by atoms with Crippen molar-refractivity contribution in [1.29, 1.82) is 0 Å². The number of amides is 2. The summed E-state index contributed by atoms with van der Waals surface area (Å²) in [5.74, 6) is 4.70. The Morgan fingerprint density at radius 3 is 2.04 bits per heavy atom. The molecule has 5 aliphatic rings. The van der Waals surface area contributed by atoms with Gasteiger partial charge >= 0.3 is 0 Å². The molecule has 5 aliphatic heterocycles. The summed E-state index contributed by atoms with van der Waals surface area (Å²) < 4.78 is 0.288. The first-order chi connectivity index (χ1) is 22.6. The van der Waals surface area contributed by atoms with Crippen LogP contribution in [0, 0.1) is 0 Å². The van der Waals surface area contributed by atoms with Crippen LogP contribution >= 0.6 is 121 Å². The summed E-state index contributed by atoms with van der Waals surface area (Å²) in [4.78, 5) is 39.8. The summed E-state index contributed by atoms with van der Waals surface area (Å²) in [6.45, 7) is 2.04. The molecule has 21 heteroatoms. The van der Waals surface area contributed by atoms with E-state index >= 15 is 0 Å². The van der Waals surface area contributed by atoms with Crippen molar-refractivity contribution < 1.29 is 70.1 Å². The second-order valence-corrected chi connectivity index (χ2v) is 46.9. The summed E-state index contributed by atoms with van der Waals surface area (Å²) >= 11 is 10.6. The molecule has 50 heavy (non-hydrogen) atoms. The van der Waals surface area contributed by atoms with Gasteiger partial charge in [0.25, 0.3) is 11.8 Å². The molecule has 2 saturated heterocycles. The zero-order valence-electron chi connectivity index (χ0n) is 27.1. The van der Waals surface area contributed by atoms with Crippen molar-refractivity contribution >= 4 is 145 Å². The smallest absolute Gasteiger partial charge is 0.258 e. The number of thioether (sulfide) groups is 3. The van der Waals surface area contributed by atoms with Gasteiger partial charge < -0.3 is 9.80 Å². The Bertz CT molecular complexity index is 1520. The molecule has 2 fully saturated rings. The van der Waals surface area contributed by atoms with Gasteiger partial charge in [0.2, 0.25) is 0 Å². The summed E-state index contributed by atoms with van der Waals surface area (Å²) in [6.07, 6.45) is 5.51. The van der Waals surface area contributed by atoms with Gasteiger partial charge in [0, 0.05) is 116 Å². The minimum atomic E-state index is -0.175. The minimum Gasteiger partial charge on any atom is -0.320 e. The van der Waals surface area contributed by atoms with Gasteiger partial charge in [0.15, 0.2) is 5.78 Å². The van der Waals surface area contributed by atoms with E-state index in [1.54, 1.807) is 17.0 Å². The number of benzene rings is 2. The molecular weight excluding hydrogens is 984 g/mol. The maximum Gasteiger partial charge on any atom is 0.258 e. The number of allylic oxidation sites excluding steroid dienone is 1. The molecule has 5 heterocycles. The maximum absolute atomic E-state index is 13.0. The second-order valence-electron chi connectivity index (χ2n) is 11.2. The third-order valence-corrected chi connectivity index (χ3v) is 58.0. The fourth-order valence-electron chi connectivity index (χ4n) is 6.33. The number of rotatable bonds is 6. The number of hydrogen-bond donors (Lipinski definition) is 1. The van der Waals surface area contributed by atoms with Crippen LogP contribution in [0.2, 0.25) is 0 Å². The third kappa shape index (κ3) is 11.5. The quantitative estimate of drug-likeness (QED) is 0.230. The van der Waals surface area contributed by atoms with Crippen LogP contribution < -0.4 is 0 Å². The van der Waals surface area contributed by atoms with Crippen LogP contribution in [0.4, 0.5) is 0 Å². The molecular formula is C29H41N2O3P9S4V3. The van der Waals surface area contributed by atoms with Gasteiger partial charge in [0.05, 0.1) is 9.78 Å². The van der Waals surface area contributed by atoms with E-state index in [4.69, 9.17) is 0 Å². The normalized spacial score (nSPS) is 21.2. The van der Waals surface area contributed by atoms with E-state index in [1.165, 1.54) is 23.5 Å². The number of ketones is 1. The second kappa shape index (κ2) is 23.4. The standard InChI is InChI=1S/C17H21NOS4.C12H9NO2.H11P9.3V/c19-15-13-4-1-2-5-14(13)17(23-11-8-20)12-16(6-7-18(15)17)21-9-3-10-22-16;14-8-5-6-13-11(7-8)9-3-1-2-4-10(9)12(13)15;1-6-9(7(2)3)8(4)5;;;/h1-2,4-5,20H,3,6-12H2;1-4,7H,5-6H2;6H,1-5H2;;;. The summed E-state index contributed by atoms with van der Waals surface area (Å²) in [5, 5.41) is 0. The average molecular weight is 1030 g/mol. The Morgan fingerprint density at radius 1 is 0.860 bits per heavy atom. The summed E-state index contributed by atoms with van der Waals surface area (Å²) in [6, 6.07) is 15.7. The first kappa shape index (κ1) is 50.0. The topological polar surface area (TPSA) is 57.7 Å². The average Bonchev–Trinajstić information content (AvgIpc) is 3.48. The van der Waals surface area contributed by atoms with Crippen molar-refractivity contribution in [3.05, 3.63) is 76.9 Å². The van der Waals surface area contributed by atoms with Crippen LogP contribution in [0.25, 0.3) is 5.70 Å². The van der Waals surface area contributed by atoms with Crippen LogP contribution in [0.15, 0.2) is 54.6 Å². The number of carbonyl (C=O) groups excluding carboxylic acids is 3. The van der Waals surface area contributed by atoms with Gasteiger partial charge in [0.1, 0.15) is 4.87 Å². The van der Waals surface area contributed by atoms with Gasteiger partial charge in [-0.25, -0.2) is 0 Å². The van der Waals surface area contributed by atoms with Gasteiger partial charge in [-0.05, 0) is 63.2 Å². The molecule has 3 radical (unpaired) electrons. The molecule has 0 bridgehead atoms. The van der Waals surface area contributed by atoms with Crippen molar-refractivity contribution in [2.24, 2.45) is 0 Å². The van der Waals surface area contributed by atoms with Crippen LogP contribution in [-0.4, -0.2) is 67.6 Å². The molecule has 7 atom stereocenters. The van der Waals surface area contributed by atoms with E-state index in [-0.39, 0.29) is 96.2 Å². The predicted octanol–water partition coefficient (Wildman–Crippen LogP) is 10.6. The van der Waals surface area contributed by atoms with Crippen LogP contribution in [0.5, 0.6) is 0 Å². The molecule has 5 nitrogen and oxygen atoms in total. The molecule has 0 saturated carbocycles. The fraction of sp³-hybridized carbons (Fsp3) is 0.414. The molecule has 7 rings (SSSR count). The van der Waals surface area contributed by atoms with E-state index in [2.05, 4.69) is 97.8 Å². The molecule has 1 spiro atoms. The molecule has 7 unspecified atom stereocenters. The van der Waals surface area contributed by atoms with Crippen molar-refractivity contribution in [3.63, 3.8) is 0 Å². The monoisotopic (exact) mass is 1020 g/mol. The van der Waals surface area contributed by atoms with E-state index in [0.717, 1.165) is 55.7 Å². The third-order valence-electron chi connectivity index (χ3n) is 8.34. The van der Waals surface area contributed by atoms with Crippen LogP contribution in [-0.2, 0) is 65.3 Å². The Labute approximate surface area is 368 Å². The number of thiol groups is 1. The van der Waals surface area contributed by atoms with Gasteiger partial charge in [-0.2, -0.15) is 12.6 Å². The van der Waals surface area contributed by atoms with E-state index in [0.29, 0.717) is 25.5 Å². The SMILES string of the molecule is O=C1C=C2c3ccccc3C(=O)N2CC1.O=C1c2ccccc2C2(SCCS)CC3(CCN12)SCCCS3.PPP(P(P)P)P(P)P.[V].[V].[V]. The van der Waals surface area contributed by atoms with Crippen molar-refractivity contribution in [2.45, 2.75) is 34.6 Å². The predicted molar refractivity (Wildman–Crippen MR) is 240 cm³/mol. The molecule has 269 valence electrons. The molecule has 2 amide bonds. The summed E-state index contributed by atoms with van der Waals surface area (Å²) in [5.41, 5.74) is 4.52. The van der Waals surface area contributed by atoms with Crippen LogP contribution in [0.3, 0.4) is 0 Å². The Morgan fingerprint density at radius 2 is 1.46 bits per heavy atom. The first-order valence-electron chi connectivity index (χ1n) is 15.0. The molecule has 0 aliphatic carbocycles. The van der Waals surface area contributed by atoms with Gasteiger partial charge in [-0.3, -0.25) is 14.4 Å². The van der Waals surface area contributed by atoms with E-state index in [9.17, 15) is 14.4 Å². The van der Waals surface area contributed by atoms with Crippen molar-refractivity contribution in [3.8, 4) is 0 Å². The Hall–Kier alpha value is 3.81. The molecule has 0 aromatic heterocycles. The van der Waals surface area contributed by atoms with Crippen LogP contribution in [0.1, 0.15) is 57.5 Å². The number of hydrogen-bond acceptors (Lipinski definition) is 7. The Kier molecular flexibility index (Phi) is 23.4. The number of fused-ring (bicyclic) bond motifs is 6. The zero-order valence-corrected chi connectivity index (χ0v) is 44.1. The Balaban J connectivity index is 0.000000279. The zero-order chi connectivity index (χ0) is 33.8. The van der Waals surface area contributed by atoms with E-state index < -0.39 is 0 Å². The van der Waals surface area contributed by atoms with E-state index in [1.807, 2.05) is 42.1 Å². The molecule has 0 N–H and O–H groups in total. The maximum atomic E-state index is 13.0. The number of nitrogens with zero attached hydrogens (tertiary/aromatic N) is 2. The molecule has 2 aromatic rings. The van der Waals surface area contributed by atoms with Gasteiger partial charge in [-0.15, -0.1) is 79.9 Å². The fourth-order valence-corrected chi connectivity index (χ4v) is 72.8. The molecule has 2 aromatic carbocycles. The number of carbonyl (C=O) groups is 3. The van der Waals surface area contributed by atoms with Gasteiger partial charge in [-0.1, -0.05) is 44.4 Å². The minimum absolute atomic E-state index is 0. The first-order valence-corrected chi connectivity index (χ1v) is 34.2.